The fraction of sp³-hybridized carbons (Fsp3) is 0.0351. The minimum absolute atomic E-state index is 0.104. The van der Waals surface area contributed by atoms with Crippen LogP contribution >= 0.6 is 0 Å². The predicted molar refractivity (Wildman–Crippen MR) is 256 cm³/mol. The van der Waals surface area contributed by atoms with E-state index in [-0.39, 0.29) is 6.04 Å². The maximum absolute atomic E-state index is 5.03. The van der Waals surface area contributed by atoms with Crippen LogP contribution in [-0.2, 0) is 0 Å². The molecule has 1 unspecified atom stereocenters. The van der Waals surface area contributed by atoms with Gasteiger partial charge in [-0.05, 0) is 71.1 Å². The number of hydrogen-bond acceptors (Lipinski definition) is 3. The van der Waals surface area contributed by atoms with E-state index in [1.54, 1.807) is 0 Å². The van der Waals surface area contributed by atoms with Crippen LogP contribution in [0.1, 0.15) is 18.0 Å². The first kappa shape index (κ1) is 35.8. The summed E-state index contributed by atoms with van der Waals surface area (Å²) in [6, 6.07) is 71.2. The lowest BCUT2D eigenvalue weighted by atomic mass is 9.93. The monoisotopic (exact) mass is 793 g/mol. The van der Waals surface area contributed by atoms with E-state index in [4.69, 9.17) is 15.0 Å². The van der Waals surface area contributed by atoms with Crippen LogP contribution in [0.25, 0.3) is 100 Å². The zero-order valence-corrected chi connectivity index (χ0v) is 33.8. The molecule has 0 saturated carbocycles. The predicted octanol–water partition coefficient (Wildman–Crippen LogP) is 14.3. The molecule has 0 saturated heterocycles. The van der Waals surface area contributed by atoms with E-state index in [1.807, 2.05) is 60.7 Å². The smallest absolute Gasteiger partial charge is 0.164 e. The van der Waals surface area contributed by atoms with Gasteiger partial charge in [0.2, 0.25) is 0 Å². The molecule has 0 spiro atoms. The number of aromatic nitrogens is 5. The molecule has 11 aromatic rings. The van der Waals surface area contributed by atoms with Crippen LogP contribution < -0.4 is 0 Å². The first-order chi connectivity index (χ1) is 30.7. The standard InChI is InChI=1S/C57H39N5/c1-3-16-38(17-4-1)55-58-56(39-18-5-2-6-19-39)60-57(59-55)44-23-13-20-40(34-44)41-21-14-25-46(35-41)62-53-31-12-9-28-49(53)50-33-32-43(37-54(50)62)42-22-15-24-45(36-42)61-51-29-10-7-26-47(51)48-27-8-11-30-52(48)61/h1-34,36-37,46H,35H2. The first-order valence-electron chi connectivity index (χ1n) is 21.2. The van der Waals surface area contributed by atoms with Gasteiger partial charge in [0, 0.05) is 49.4 Å². The lowest BCUT2D eigenvalue weighted by Crippen LogP contribution is -2.09. The number of rotatable bonds is 7. The highest BCUT2D eigenvalue weighted by atomic mass is 15.0. The van der Waals surface area contributed by atoms with E-state index in [1.165, 1.54) is 60.3 Å². The zero-order valence-electron chi connectivity index (χ0n) is 33.8. The fourth-order valence-corrected chi connectivity index (χ4v) is 9.41. The van der Waals surface area contributed by atoms with Crippen molar-refractivity contribution in [3.63, 3.8) is 0 Å². The Hall–Kier alpha value is -8.15. The van der Waals surface area contributed by atoms with E-state index >= 15 is 0 Å². The van der Waals surface area contributed by atoms with Crippen molar-refractivity contribution in [3.8, 4) is 51.0 Å². The van der Waals surface area contributed by atoms with Crippen LogP contribution in [0.3, 0.4) is 0 Å². The second-order valence-corrected chi connectivity index (χ2v) is 16.0. The van der Waals surface area contributed by atoms with E-state index in [0.717, 1.165) is 34.4 Å². The highest BCUT2D eigenvalue weighted by Crippen LogP contribution is 2.41. The normalized spacial score (nSPS) is 13.9. The average Bonchev–Trinajstić information content (AvgIpc) is 3.87. The molecule has 1 aliphatic rings. The third-order valence-corrected chi connectivity index (χ3v) is 12.3. The summed E-state index contributed by atoms with van der Waals surface area (Å²) in [5.74, 6) is 1.97. The molecule has 5 heteroatoms. The molecule has 0 N–H and O–H groups in total. The Morgan fingerprint density at radius 3 is 1.55 bits per heavy atom. The van der Waals surface area contributed by atoms with Crippen LogP contribution in [0.2, 0.25) is 0 Å². The first-order valence-corrected chi connectivity index (χ1v) is 21.2. The molecule has 12 rings (SSSR count). The zero-order chi connectivity index (χ0) is 41.0. The Kier molecular flexibility index (Phi) is 8.56. The SMILES string of the molecule is C1=CC(n2c3ccccc3c3ccc(-c4cccc(-n5c6ccccc6c6ccccc65)c4)cc32)CC(c2cccc(-c3nc(-c4ccccc4)nc(-c4ccccc4)n3)c2)=C1. The Labute approximate surface area is 359 Å². The molecule has 0 aliphatic heterocycles. The summed E-state index contributed by atoms with van der Waals surface area (Å²) >= 11 is 0. The van der Waals surface area contributed by atoms with Crippen molar-refractivity contribution < 1.29 is 0 Å². The number of benzene rings is 8. The van der Waals surface area contributed by atoms with Crippen LogP contribution in [0.4, 0.5) is 0 Å². The topological polar surface area (TPSA) is 48.5 Å². The minimum atomic E-state index is 0.104. The van der Waals surface area contributed by atoms with Gasteiger partial charge in [0.1, 0.15) is 0 Å². The molecule has 0 fully saturated rings. The van der Waals surface area contributed by atoms with Gasteiger partial charge in [-0.3, -0.25) is 0 Å². The van der Waals surface area contributed by atoms with Crippen molar-refractivity contribution in [2.24, 2.45) is 0 Å². The minimum Gasteiger partial charge on any atom is -0.333 e. The molecule has 3 heterocycles. The second kappa shape index (κ2) is 14.8. The van der Waals surface area contributed by atoms with Crippen molar-refractivity contribution in [2.75, 3.05) is 0 Å². The van der Waals surface area contributed by atoms with Crippen LogP contribution in [-0.4, -0.2) is 24.1 Å². The Morgan fingerprint density at radius 1 is 0.371 bits per heavy atom. The highest BCUT2D eigenvalue weighted by Gasteiger charge is 2.22. The molecule has 292 valence electrons. The van der Waals surface area contributed by atoms with Gasteiger partial charge in [0.05, 0.1) is 22.6 Å². The highest BCUT2D eigenvalue weighted by molar-refractivity contribution is 6.10. The summed E-state index contributed by atoms with van der Waals surface area (Å²) in [6.45, 7) is 0. The van der Waals surface area contributed by atoms with Crippen molar-refractivity contribution >= 4 is 49.2 Å². The van der Waals surface area contributed by atoms with Crippen molar-refractivity contribution in [1.82, 2.24) is 24.1 Å². The lowest BCUT2D eigenvalue weighted by Gasteiger charge is -2.23. The molecular weight excluding hydrogens is 755 g/mol. The van der Waals surface area contributed by atoms with Gasteiger partial charge in [-0.15, -0.1) is 0 Å². The molecule has 1 atom stereocenters. The number of hydrogen-bond donors (Lipinski definition) is 0. The van der Waals surface area contributed by atoms with E-state index < -0.39 is 0 Å². The van der Waals surface area contributed by atoms with E-state index in [0.29, 0.717) is 17.5 Å². The van der Waals surface area contributed by atoms with Crippen LogP contribution in [0.5, 0.6) is 0 Å². The van der Waals surface area contributed by atoms with Gasteiger partial charge in [-0.25, -0.2) is 15.0 Å². The summed E-state index contributed by atoms with van der Waals surface area (Å²) in [5.41, 5.74) is 13.7. The maximum atomic E-state index is 5.03. The average molecular weight is 794 g/mol. The fourth-order valence-electron chi connectivity index (χ4n) is 9.41. The van der Waals surface area contributed by atoms with Gasteiger partial charge in [0.15, 0.2) is 17.5 Å². The van der Waals surface area contributed by atoms with Crippen LogP contribution in [0, 0.1) is 0 Å². The summed E-state index contributed by atoms with van der Waals surface area (Å²) in [6.07, 6.45) is 7.66. The summed E-state index contributed by atoms with van der Waals surface area (Å²) < 4.78 is 4.94. The van der Waals surface area contributed by atoms with Crippen molar-refractivity contribution in [3.05, 3.63) is 224 Å². The van der Waals surface area contributed by atoms with E-state index in [9.17, 15) is 0 Å². The molecule has 8 aromatic carbocycles. The number of fused-ring (bicyclic) bond motifs is 6. The molecule has 1 aliphatic carbocycles. The molecule has 3 aromatic heterocycles. The Morgan fingerprint density at radius 2 is 0.871 bits per heavy atom. The summed E-state index contributed by atoms with van der Waals surface area (Å²) in [4.78, 5) is 15.0. The Balaban J connectivity index is 0.919. The van der Waals surface area contributed by atoms with Crippen molar-refractivity contribution in [1.29, 1.82) is 0 Å². The van der Waals surface area contributed by atoms with Gasteiger partial charge in [-0.1, -0.05) is 176 Å². The summed E-state index contributed by atoms with van der Waals surface area (Å²) in [7, 11) is 0. The number of para-hydroxylation sites is 3. The molecule has 62 heavy (non-hydrogen) atoms. The molecule has 0 amide bonds. The molecular formula is C57H39N5. The van der Waals surface area contributed by atoms with E-state index in [2.05, 4.69) is 167 Å². The third kappa shape index (κ3) is 6.13. The lowest BCUT2D eigenvalue weighted by molar-refractivity contribution is 0.656. The number of allylic oxidation sites excluding steroid dienone is 4. The van der Waals surface area contributed by atoms with Gasteiger partial charge >= 0.3 is 0 Å². The molecule has 0 bridgehead atoms. The Bertz CT molecular complexity index is 3450. The van der Waals surface area contributed by atoms with Gasteiger partial charge in [-0.2, -0.15) is 0 Å². The molecule has 0 radical (unpaired) electrons. The quantitative estimate of drug-likeness (QED) is 0.161. The second-order valence-electron chi connectivity index (χ2n) is 16.0. The molecule has 5 nitrogen and oxygen atoms in total. The maximum Gasteiger partial charge on any atom is 0.164 e. The third-order valence-electron chi connectivity index (χ3n) is 12.3. The van der Waals surface area contributed by atoms with Crippen molar-refractivity contribution in [2.45, 2.75) is 12.5 Å². The van der Waals surface area contributed by atoms with Crippen LogP contribution in [0.15, 0.2) is 218 Å². The number of nitrogens with zero attached hydrogens (tertiary/aromatic N) is 5. The summed E-state index contributed by atoms with van der Waals surface area (Å²) in [5, 5.41) is 5.05. The van der Waals surface area contributed by atoms with Gasteiger partial charge in [0.25, 0.3) is 0 Å². The largest absolute Gasteiger partial charge is 0.333 e. The van der Waals surface area contributed by atoms with Gasteiger partial charge < -0.3 is 9.13 Å².